The molecule has 0 heterocycles. The van der Waals surface area contributed by atoms with Crippen molar-refractivity contribution < 1.29 is 9.84 Å². The molecule has 0 aliphatic heterocycles. The lowest BCUT2D eigenvalue weighted by Gasteiger charge is -2.09. The number of aromatic hydroxyl groups is 1. The van der Waals surface area contributed by atoms with E-state index >= 15 is 0 Å². The monoisotopic (exact) mass is 325 g/mol. The molecule has 0 radical (unpaired) electrons. The molecule has 0 saturated heterocycles. The Labute approximate surface area is 140 Å². The van der Waals surface area contributed by atoms with Crippen LogP contribution in [0.1, 0.15) is 5.56 Å². The summed E-state index contributed by atoms with van der Waals surface area (Å²) in [4.78, 5) is 0. The molecule has 0 aliphatic carbocycles. The van der Waals surface area contributed by atoms with Gasteiger partial charge in [0.05, 0.1) is 5.02 Å². The van der Waals surface area contributed by atoms with Crippen LogP contribution in [0.3, 0.4) is 0 Å². The normalized spacial score (nSPS) is 10.3. The van der Waals surface area contributed by atoms with Crippen molar-refractivity contribution in [3.63, 3.8) is 0 Å². The van der Waals surface area contributed by atoms with Gasteiger partial charge >= 0.3 is 0 Å². The Balaban J connectivity index is 1.60. The number of para-hydroxylation sites is 1. The zero-order valence-electron chi connectivity index (χ0n) is 12.4. The minimum atomic E-state index is 0.0952. The quantitative estimate of drug-likeness (QED) is 0.655. The molecule has 3 aromatic carbocycles. The lowest BCUT2D eigenvalue weighted by molar-refractivity contribution is 0.475. The summed E-state index contributed by atoms with van der Waals surface area (Å²) in [5.74, 6) is 1.69. The Bertz CT molecular complexity index is 773. The number of halogens is 1. The maximum Gasteiger partial charge on any atom is 0.134 e. The number of nitrogens with one attached hydrogen (secondary N) is 1. The highest BCUT2D eigenvalue weighted by Crippen LogP contribution is 2.25. The van der Waals surface area contributed by atoms with Gasteiger partial charge in [0, 0.05) is 12.2 Å². The van der Waals surface area contributed by atoms with Crippen molar-refractivity contribution in [2.45, 2.75) is 6.54 Å². The molecule has 3 rings (SSSR count). The number of anilines is 1. The third-order valence-corrected chi connectivity index (χ3v) is 3.64. The van der Waals surface area contributed by atoms with Crippen LogP contribution < -0.4 is 10.1 Å². The van der Waals surface area contributed by atoms with Crippen molar-refractivity contribution in [1.82, 2.24) is 0 Å². The van der Waals surface area contributed by atoms with Gasteiger partial charge < -0.3 is 15.2 Å². The SMILES string of the molecule is Oc1ccc(CNc2ccc(Oc3ccccc3)cc2)cc1Cl. The number of phenols is 1. The van der Waals surface area contributed by atoms with E-state index in [0.717, 1.165) is 22.7 Å². The molecule has 0 aliphatic rings. The average Bonchev–Trinajstić information content (AvgIpc) is 2.58. The van der Waals surface area contributed by atoms with E-state index in [2.05, 4.69) is 5.32 Å². The molecular formula is C19H16ClNO2. The summed E-state index contributed by atoms with van der Waals surface area (Å²) < 4.78 is 5.75. The lowest BCUT2D eigenvalue weighted by atomic mass is 10.2. The second-order valence-corrected chi connectivity index (χ2v) is 5.49. The minimum Gasteiger partial charge on any atom is -0.506 e. The molecule has 0 bridgehead atoms. The molecule has 2 N–H and O–H groups in total. The number of phenolic OH excluding ortho intramolecular Hbond substituents is 1. The number of hydrogen-bond donors (Lipinski definition) is 2. The first-order valence-corrected chi connectivity index (χ1v) is 7.63. The summed E-state index contributed by atoms with van der Waals surface area (Å²) in [7, 11) is 0. The largest absolute Gasteiger partial charge is 0.506 e. The van der Waals surface area contributed by atoms with E-state index in [0.29, 0.717) is 11.6 Å². The fraction of sp³-hybridized carbons (Fsp3) is 0.0526. The van der Waals surface area contributed by atoms with Gasteiger partial charge in [-0.15, -0.1) is 0 Å². The summed E-state index contributed by atoms with van der Waals surface area (Å²) in [6.07, 6.45) is 0. The van der Waals surface area contributed by atoms with Crippen molar-refractivity contribution in [2.75, 3.05) is 5.32 Å². The number of benzene rings is 3. The summed E-state index contributed by atoms with van der Waals surface area (Å²) in [6.45, 7) is 0.624. The second kappa shape index (κ2) is 7.07. The summed E-state index contributed by atoms with van der Waals surface area (Å²) in [5.41, 5.74) is 1.98. The van der Waals surface area contributed by atoms with E-state index in [-0.39, 0.29) is 5.75 Å². The van der Waals surface area contributed by atoms with Crippen molar-refractivity contribution in [3.8, 4) is 17.2 Å². The highest BCUT2D eigenvalue weighted by molar-refractivity contribution is 6.32. The molecule has 0 fully saturated rings. The van der Waals surface area contributed by atoms with Gasteiger partial charge in [0.2, 0.25) is 0 Å². The van der Waals surface area contributed by atoms with Crippen LogP contribution in [0.15, 0.2) is 72.8 Å². The van der Waals surface area contributed by atoms with E-state index in [1.807, 2.05) is 60.7 Å². The van der Waals surface area contributed by atoms with Crippen LogP contribution in [0.2, 0.25) is 5.02 Å². The van der Waals surface area contributed by atoms with Crippen LogP contribution >= 0.6 is 11.6 Å². The summed E-state index contributed by atoms with van der Waals surface area (Å²) >= 11 is 5.90. The molecule has 0 unspecified atom stereocenters. The zero-order chi connectivity index (χ0) is 16.1. The first kappa shape index (κ1) is 15.3. The van der Waals surface area contributed by atoms with Crippen LogP contribution in [-0.4, -0.2) is 5.11 Å². The molecule has 23 heavy (non-hydrogen) atoms. The van der Waals surface area contributed by atoms with Gasteiger partial charge in [0.15, 0.2) is 0 Å². The Morgan fingerprint density at radius 2 is 1.57 bits per heavy atom. The van der Waals surface area contributed by atoms with Gasteiger partial charge in [-0.2, -0.15) is 0 Å². The van der Waals surface area contributed by atoms with Crippen LogP contribution in [0.25, 0.3) is 0 Å². The van der Waals surface area contributed by atoms with Gasteiger partial charge in [-0.1, -0.05) is 35.9 Å². The Hall–Kier alpha value is -2.65. The van der Waals surface area contributed by atoms with Gasteiger partial charge in [0.1, 0.15) is 17.2 Å². The van der Waals surface area contributed by atoms with Gasteiger partial charge in [-0.3, -0.25) is 0 Å². The summed E-state index contributed by atoms with van der Waals surface area (Å²) in [6, 6.07) is 22.6. The molecule has 0 aromatic heterocycles. The standard InChI is InChI=1S/C19H16ClNO2/c20-18-12-14(6-11-19(18)22)13-21-15-7-9-17(10-8-15)23-16-4-2-1-3-5-16/h1-12,21-22H,13H2. The van der Waals surface area contributed by atoms with E-state index in [4.69, 9.17) is 16.3 Å². The number of ether oxygens (including phenoxy) is 1. The molecule has 0 spiro atoms. The molecule has 0 atom stereocenters. The van der Waals surface area contributed by atoms with Crippen LogP contribution in [0.4, 0.5) is 5.69 Å². The minimum absolute atomic E-state index is 0.0952. The highest BCUT2D eigenvalue weighted by atomic mass is 35.5. The Morgan fingerprint density at radius 3 is 2.26 bits per heavy atom. The van der Waals surface area contributed by atoms with Crippen LogP contribution in [0, 0.1) is 0 Å². The van der Waals surface area contributed by atoms with Crippen molar-refractivity contribution >= 4 is 17.3 Å². The second-order valence-electron chi connectivity index (χ2n) is 5.08. The van der Waals surface area contributed by atoms with E-state index in [9.17, 15) is 5.11 Å². The molecule has 4 heteroatoms. The first-order valence-electron chi connectivity index (χ1n) is 7.25. The first-order chi connectivity index (χ1) is 11.2. The average molecular weight is 326 g/mol. The predicted molar refractivity (Wildman–Crippen MR) is 93.4 cm³/mol. The maximum atomic E-state index is 9.41. The van der Waals surface area contributed by atoms with E-state index < -0.39 is 0 Å². The predicted octanol–water partition coefficient (Wildman–Crippen LogP) is 5.45. The number of rotatable bonds is 5. The fourth-order valence-electron chi connectivity index (χ4n) is 2.13. The van der Waals surface area contributed by atoms with E-state index in [1.54, 1.807) is 12.1 Å². The lowest BCUT2D eigenvalue weighted by Crippen LogP contribution is -1.99. The smallest absolute Gasteiger partial charge is 0.134 e. The highest BCUT2D eigenvalue weighted by Gasteiger charge is 2.01. The Morgan fingerprint density at radius 1 is 0.870 bits per heavy atom. The molecule has 0 amide bonds. The number of hydrogen-bond acceptors (Lipinski definition) is 3. The van der Waals surface area contributed by atoms with Gasteiger partial charge in [0.25, 0.3) is 0 Å². The Kier molecular flexibility index (Phi) is 4.69. The van der Waals surface area contributed by atoms with Crippen molar-refractivity contribution in [1.29, 1.82) is 0 Å². The topological polar surface area (TPSA) is 41.5 Å². The van der Waals surface area contributed by atoms with Gasteiger partial charge in [-0.05, 0) is 54.1 Å². The maximum absolute atomic E-state index is 9.41. The molecule has 116 valence electrons. The third-order valence-electron chi connectivity index (χ3n) is 3.34. The summed E-state index contributed by atoms with van der Waals surface area (Å²) in [5, 5.41) is 13.1. The zero-order valence-corrected chi connectivity index (χ0v) is 13.1. The van der Waals surface area contributed by atoms with Crippen molar-refractivity contribution in [3.05, 3.63) is 83.4 Å². The van der Waals surface area contributed by atoms with Crippen molar-refractivity contribution in [2.24, 2.45) is 0 Å². The molecule has 3 aromatic rings. The van der Waals surface area contributed by atoms with Gasteiger partial charge in [-0.25, -0.2) is 0 Å². The molecular weight excluding hydrogens is 310 g/mol. The fourth-order valence-corrected chi connectivity index (χ4v) is 2.33. The van der Waals surface area contributed by atoms with E-state index in [1.165, 1.54) is 0 Å². The van der Waals surface area contributed by atoms with Crippen LogP contribution in [0.5, 0.6) is 17.2 Å². The molecule has 0 saturated carbocycles. The third kappa shape index (κ3) is 4.18. The molecule has 3 nitrogen and oxygen atoms in total. The van der Waals surface area contributed by atoms with Crippen LogP contribution in [-0.2, 0) is 6.54 Å².